The molecule has 1 aromatic carbocycles. The van der Waals surface area contributed by atoms with Crippen LogP contribution in [-0.4, -0.2) is 30.5 Å². The lowest BCUT2D eigenvalue weighted by Gasteiger charge is -2.17. The normalized spacial score (nSPS) is 17.6. The monoisotopic (exact) mass is 391 g/mol. The molecular formula is C14H19Br2NO2. The van der Waals surface area contributed by atoms with Crippen molar-refractivity contribution in [2.45, 2.75) is 37.9 Å². The Morgan fingerprint density at radius 3 is 2.53 bits per heavy atom. The van der Waals surface area contributed by atoms with Crippen molar-refractivity contribution in [2.24, 2.45) is 0 Å². The Morgan fingerprint density at radius 1 is 1.26 bits per heavy atom. The van der Waals surface area contributed by atoms with Gasteiger partial charge in [-0.3, -0.25) is 0 Å². The van der Waals surface area contributed by atoms with Crippen LogP contribution in [0.2, 0.25) is 0 Å². The molecule has 106 valence electrons. The lowest BCUT2D eigenvalue weighted by atomic mass is 10.3. The molecule has 2 rings (SSSR count). The fourth-order valence-electron chi connectivity index (χ4n) is 2.25. The molecule has 2 N–H and O–H groups in total. The minimum Gasteiger partial charge on any atom is -0.389 e. The van der Waals surface area contributed by atoms with Crippen LogP contribution in [0.5, 0.6) is 0 Å². The van der Waals surface area contributed by atoms with E-state index < -0.39 is 6.10 Å². The fraction of sp³-hybridized carbons (Fsp3) is 0.571. The Hall–Kier alpha value is -0.100. The first-order valence-corrected chi connectivity index (χ1v) is 8.23. The second kappa shape index (κ2) is 7.62. The smallest absolute Gasteiger partial charge is 0.0945 e. The van der Waals surface area contributed by atoms with Gasteiger partial charge in [-0.2, -0.15) is 0 Å². The van der Waals surface area contributed by atoms with Crippen LogP contribution in [0.3, 0.4) is 0 Å². The summed E-state index contributed by atoms with van der Waals surface area (Å²) < 4.78 is 7.66. The van der Waals surface area contributed by atoms with Crippen LogP contribution in [0.1, 0.15) is 25.7 Å². The second-order valence-corrected chi connectivity index (χ2v) is 6.58. The van der Waals surface area contributed by atoms with Gasteiger partial charge in [-0.25, -0.2) is 0 Å². The van der Waals surface area contributed by atoms with Crippen molar-refractivity contribution in [2.75, 3.05) is 18.5 Å². The quantitative estimate of drug-likeness (QED) is 0.770. The Morgan fingerprint density at radius 2 is 1.89 bits per heavy atom. The molecule has 0 aromatic heterocycles. The number of hydrogen-bond acceptors (Lipinski definition) is 3. The molecule has 0 radical (unpaired) electrons. The summed E-state index contributed by atoms with van der Waals surface area (Å²) in [4.78, 5) is 0. The average Bonchev–Trinajstić information content (AvgIpc) is 2.89. The predicted molar refractivity (Wildman–Crippen MR) is 84.5 cm³/mol. The number of para-hydroxylation sites is 1. The van der Waals surface area contributed by atoms with Gasteiger partial charge < -0.3 is 15.2 Å². The molecule has 1 aliphatic rings. The summed E-state index contributed by atoms with van der Waals surface area (Å²) in [5, 5.41) is 13.2. The van der Waals surface area contributed by atoms with Crippen molar-refractivity contribution in [3.8, 4) is 0 Å². The molecule has 19 heavy (non-hydrogen) atoms. The van der Waals surface area contributed by atoms with Crippen LogP contribution >= 0.6 is 31.9 Å². The molecule has 1 saturated carbocycles. The van der Waals surface area contributed by atoms with Gasteiger partial charge >= 0.3 is 0 Å². The van der Waals surface area contributed by atoms with Crippen LogP contribution in [0.25, 0.3) is 0 Å². The summed E-state index contributed by atoms with van der Waals surface area (Å²) in [7, 11) is 0. The minimum absolute atomic E-state index is 0.352. The molecule has 0 saturated heterocycles. The van der Waals surface area contributed by atoms with Crippen molar-refractivity contribution < 1.29 is 9.84 Å². The molecule has 1 aliphatic carbocycles. The third-order valence-electron chi connectivity index (χ3n) is 3.30. The van der Waals surface area contributed by atoms with Crippen LogP contribution in [0.15, 0.2) is 27.1 Å². The molecule has 1 aromatic rings. The molecule has 0 bridgehead atoms. The van der Waals surface area contributed by atoms with E-state index in [-0.39, 0.29) is 0 Å². The van der Waals surface area contributed by atoms with E-state index in [2.05, 4.69) is 37.2 Å². The Bertz CT molecular complexity index is 388. The number of rotatable bonds is 6. The van der Waals surface area contributed by atoms with Gasteiger partial charge in [-0.15, -0.1) is 0 Å². The number of anilines is 1. The Kier molecular flexibility index (Phi) is 6.13. The van der Waals surface area contributed by atoms with E-state index in [1.54, 1.807) is 0 Å². The average molecular weight is 393 g/mol. The van der Waals surface area contributed by atoms with Gasteiger partial charge in [0.2, 0.25) is 0 Å². The fourth-order valence-corrected chi connectivity index (χ4v) is 3.53. The van der Waals surface area contributed by atoms with Gasteiger partial charge in [0, 0.05) is 15.5 Å². The van der Waals surface area contributed by atoms with Crippen LogP contribution in [0.4, 0.5) is 5.69 Å². The second-order valence-electron chi connectivity index (χ2n) is 4.87. The molecule has 1 unspecified atom stereocenters. The van der Waals surface area contributed by atoms with E-state index in [4.69, 9.17) is 4.74 Å². The summed E-state index contributed by atoms with van der Waals surface area (Å²) in [6, 6.07) is 5.89. The van der Waals surface area contributed by atoms with Crippen LogP contribution < -0.4 is 5.32 Å². The lowest BCUT2D eigenvalue weighted by Crippen LogP contribution is -2.27. The van der Waals surface area contributed by atoms with Crippen LogP contribution in [-0.2, 0) is 4.74 Å². The largest absolute Gasteiger partial charge is 0.389 e. The maximum atomic E-state index is 9.93. The van der Waals surface area contributed by atoms with Gasteiger partial charge in [0.1, 0.15) is 0 Å². The van der Waals surface area contributed by atoms with E-state index in [0.29, 0.717) is 19.3 Å². The summed E-state index contributed by atoms with van der Waals surface area (Å²) in [6.45, 7) is 0.883. The van der Waals surface area contributed by atoms with Gasteiger partial charge in [-0.05, 0) is 56.8 Å². The number of hydrogen-bond donors (Lipinski definition) is 2. The molecule has 3 nitrogen and oxygen atoms in total. The molecule has 1 fully saturated rings. The zero-order chi connectivity index (χ0) is 13.7. The molecule has 0 aliphatic heterocycles. The van der Waals surface area contributed by atoms with Crippen molar-refractivity contribution in [1.82, 2.24) is 0 Å². The maximum absolute atomic E-state index is 9.93. The highest BCUT2D eigenvalue weighted by Crippen LogP contribution is 2.30. The molecule has 5 heteroatoms. The van der Waals surface area contributed by atoms with Crippen molar-refractivity contribution in [1.29, 1.82) is 0 Å². The van der Waals surface area contributed by atoms with E-state index >= 15 is 0 Å². The molecule has 1 atom stereocenters. The molecule has 0 heterocycles. The van der Waals surface area contributed by atoms with Gasteiger partial charge in [0.05, 0.1) is 24.5 Å². The Labute approximate surface area is 131 Å². The highest BCUT2D eigenvalue weighted by atomic mass is 79.9. The zero-order valence-electron chi connectivity index (χ0n) is 10.7. The molecular weight excluding hydrogens is 374 g/mol. The first-order valence-electron chi connectivity index (χ1n) is 6.64. The van der Waals surface area contributed by atoms with Crippen LogP contribution in [0, 0.1) is 0 Å². The topological polar surface area (TPSA) is 41.5 Å². The standard InChI is InChI=1S/C14H19Br2NO2/c15-12-6-3-7-13(16)14(12)17-8-10(18)9-19-11-4-1-2-5-11/h3,6-7,10-11,17-18H,1-2,4-5,8-9H2. The molecule has 0 spiro atoms. The van der Waals surface area contributed by atoms with E-state index in [1.165, 1.54) is 12.8 Å². The summed E-state index contributed by atoms with van der Waals surface area (Å²) in [5.41, 5.74) is 0.961. The lowest BCUT2D eigenvalue weighted by molar-refractivity contribution is -0.00117. The van der Waals surface area contributed by atoms with Gasteiger partial charge in [0.25, 0.3) is 0 Å². The SMILES string of the molecule is OC(CNc1c(Br)cccc1Br)COC1CCCC1. The highest BCUT2D eigenvalue weighted by Gasteiger charge is 2.17. The number of benzene rings is 1. The summed E-state index contributed by atoms with van der Waals surface area (Å²) in [6.07, 6.45) is 4.64. The summed E-state index contributed by atoms with van der Waals surface area (Å²) in [5.74, 6) is 0. The van der Waals surface area contributed by atoms with E-state index in [1.807, 2.05) is 18.2 Å². The first-order chi connectivity index (χ1) is 9.16. The highest BCUT2D eigenvalue weighted by molar-refractivity contribution is 9.11. The van der Waals surface area contributed by atoms with Crippen molar-refractivity contribution in [3.63, 3.8) is 0 Å². The van der Waals surface area contributed by atoms with Crippen molar-refractivity contribution >= 4 is 37.5 Å². The molecule has 0 amide bonds. The number of aliphatic hydroxyl groups is 1. The first kappa shape index (κ1) is 15.3. The van der Waals surface area contributed by atoms with Crippen molar-refractivity contribution in [3.05, 3.63) is 27.1 Å². The third-order valence-corrected chi connectivity index (χ3v) is 4.63. The number of aliphatic hydroxyl groups excluding tert-OH is 1. The third kappa shape index (κ3) is 4.74. The number of ether oxygens (including phenoxy) is 1. The minimum atomic E-state index is -0.486. The maximum Gasteiger partial charge on any atom is 0.0945 e. The zero-order valence-corrected chi connectivity index (χ0v) is 13.9. The number of nitrogens with one attached hydrogen (secondary N) is 1. The van der Waals surface area contributed by atoms with E-state index in [0.717, 1.165) is 27.5 Å². The number of halogens is 2. The Balaban J connectivity index is 1.75. The predicted octanol–water partition coefficient (Wildman–Crippen LogP) is 3.94. The summed E-state index contributed by atoms with van der Waals surface area (Å²) >= 11 is 6.97. The van der Waals surface area contributed by atoms with Gasteiger partial charge in [-0.1, -0.05) is 18.9 Å². The van der Waals surface area contributed by atoms with Gasteiger partial charge in [0.15, 0.2) is 0 Å². The van der Waals surface area contributed by atoms with E-state index in [9.17, 15) is 5.11 Å².